The number of rotatable bonds is 4. The summed E-state index contributed by atoms with van der Waals surface area (Å²) in [5, 5.41) is 2.91. The van der Waals surface area contributed by atoms with E-state index in [1.54, 1.807) is 0 Å². The topological polar surface area (TPSA) is 69.7 Å². The van der Waals surface area contributed by atoms with Gasteiger partial charge in [-0.05, 0) is 62.5 Å². The van der Waals surface area contributed by atoms with E-state index in [-0.39, 0.29) is 24.4 Å². The number of aryl methyl sites for hydroxylation is 1. The van der Waals surface area contributed by atoms with E-state index in [1.807, 2.05) is 29.2 Å². The maximum atomic E-state index is 13.3. The number of hydrogen-bond donors (Lipinski definition) is 1. The van der Waals surface area contributed by atoms with Crippen molar-refractivity contribution in [2.75, 3.05) is 6.54 Å². The standard InChI is InChI=1S/C22H25N3O3/c26-19(25(17-10-11-17)16-7-2-1-3-8-16)14-24-20(27)22(23-21(24)28)13-12-15-6-4-5-9-18(15)22/h4-7,9,17H,1-3,8,10-14H2,(H,23,28)/t22-/m1/s1. The van der Waals surface area contributed by atoms with Gasteiger partial charge in [0, 0.05) is 11.7 Å². The Morgan fingerprint density at radius 1 is 1.18 bits per heavy atom. The van der Waals surface area contributed by atoms with Gasteiger partial charge < -0.3 is 10.2 Å². The summed E-state index contributed by atoms with van der Waals surface area (Å²) in [6.07, 6.45) is 9.61. The van der Waals surface area contributed by atoms with Gasteiger partial charge in [0.05, 0.1) is 0 Å². The van der Waals surface area contributed by atoms with Gasteiger partial charge in [-0.2, -0.15) is 0 Å². The molecule has 1 aliphatic heterocycles. The predicted molar refractivity (Wildman–Crippen MR) is 103 cm³/mol. The molecule has 28 heavy (non-hydrogen) atoms. The minimum absolute atomic E-state index is 0.137. The van der Waals surface area contributed by atoms with E-state index in [1.165, 1.54) is 0 Å². The summed E-state index contributed by atoms with van der Waals surface area (Å²) in [7, 11) is 0. The Labute approximate surface area is 164 Å². The predicted octanol–water partition coefficient (Wildman–Crippen LogP) is 2.83. The molecule has 1 saturated carbocycles. The van der Waals surface area contributed by atoms with Gasteiger partial charge in [0.2, 0.25) is 5.91 Å². The Bertz CT molecular complexity index is 889. The van der Waals surface area contributed by atoms with Crippen molar-refractivity contribution in [1.29, 1.82) is 0 Å². The van der Waals surface area contributed by atoms with Crippen LogP contribution in [-0.4, -0.2) is 40.2 Å². The zero-order valence-corrected chi connectivity index (χ0v) is 15.9. The van der Waals surface area contributed by atoms with Crippen LogP contribution in [0.15, 0.2) is 36.0 Å². The molecule has 146 valence electrons. The molecular weight excluding hydrogens is 354 g/mol. The van der Waals surface area contributed by atoms with E-state index in [9.17, 15) is 14.4 Å². The molecule has 3 aliphatic carbocycles. The molecule has 2 fully saturated rings. The van der Waals surface area contributed by atoms with Gasteiger partial charge >= 0.3 is 6.03 Å². The molecule has 0 unspecified atom stereocenters. The second-order valence-electron chi connectivity index (χ2n) is 8.32. The Morgan fingerprint density at radius 2 is 2.00 bits per heavy atom. The summed E-state index contributed by atoms with van der Waals surface area (Å²) in [6.45, 7) is -0.178. The average molecular weight is 379 g/mol. The van der Waals surface area contributed by atoms with Crippen molar-refractivity contribution in [2.24, 2.45) is 0 Å². The summed E-state index contributed by atoms with van der Waals surface area (Å²) in [5.41, 5.74) is 2.04. The lowest BCUT2D eigenvalue weighted by Crippen LogP contribution is -2.45. The Hall–Kier alpha value is -2.63. The number of nitrogens with zero attached hydrogens (tertiary/aromatic N) is 2. The van der Waals surface area contributed by atoms with Crippen LogP contribution in [0.3, 0.4) is 0 Å². The number of fused-ring (bicyclic) bond motifs is 2. The van der Waals surface area contributed by atoms with Crippen LogP contribution >= 0.6 is 0 Å². The fourth-order valence-electron chi connectivity index (χ4n) is 4.92. The molecule has 0 bridgehead atoms. The van der Waals surface area contributed by atoms with Gasteiger partial charge in [0.15, 0.2) is 0 Å². The van der Waals surface area contributed by atoms with Crippen LogP contribution in [-0.2, 0) is 21.5 Å². The number of amides is 4. The lowest BCUT2D eigenvalue weighted by atomic mass is 9.92. The van der Waals surface area contributed by atoms with Gasteiger partial charge in [-0.1, -0.05) is 30.3 Å². The molecule has 1 N–H and O–H groups in total. The first-order chi connectivity index (χ1) is 13.6. The Balaban J connectivity index is 1.38. The van der Waals surface area contributed by atoms with Crippen molar-refractivity contribution >= 4 is 17.8 Å². The third-order valence-electron chi connectivity index (χ3n) is 6.47. The highest BCUT2D eigenvalue weighted by Gasteiger charge is 2.55. The second-order valence-corrected chi connectivity index (χ2v) is 8.32. The monoisotopic (exact) mass is 379 g/mol. The fraction of sp³-hybridized carbons (Fsp3) is 0.500. The minimum atomic E-state index is -0.998. The number of imide groups is 1. The molecule has 1 spiro atoms. The first kappa shape index (κ1) is 17.5. The maximum absolute atomic E-state index is 13.3. The third kappa shape index (κ3) is 2.65. The molecule has 1 atom stereocenters. The first-order valence-corrected chi connectivity index (χ1v) is 10.3. The second kappa shape index (κ2) is 6.47. The first-order valence-electron chi connectivity index (χ1n) is 10.3. The molecule has 4 aliphatic rings. The van der Waals surface area contributed by atoms with Gasteiger partial charge in [0.25, 0.3) is 5.91 Å². The molecule has 0 aromatic heterocycles. The lowest BCUT2D eigenvalue weighted by Gasteiger charge is -2.29. The highest BCUT2D eigenvalue weighted by atomic mass is 16.2. The number of nitrogens with one attached hydrogen (secondary N) is 1. The van der Waals surface area contributed by atoms with Gasteiger partial charge in [-0.15, -0.1) is 0 Å². The zero-order chi connectivity index (χ0) is 19.3. The minimum Gasteiger partial charge on any atom is -0.319 e. The molecule has 5 rings (SSSR count). The molecule has 1 heterocycles. The number of allylic oxidation sites excluding steroid dienone is 2. The van der Waals surface area contributed by atoms with Gasteiger partial charge in [-0.3, -0.25) is 14.5 Å². The quantitative estimate of drug-likeness (QED) is 0.818. The van der Waals surface area contributed by atoms with Crippen molar-refractivity contribution in [3.8, 4) is 0 Å². The normalized spacial score (nSPS) is 26.3. The van der Waals surface area contributed by atoms with Crippen LogP contribution in [0, 0.1) is 0 Å². The van der Waals surface area contributed by atoms with Gasteiger partial charge in [0.1, 0.15) is 12.1 Å². The lowest BCUT2D eigenvalue weighted by molar-refractivity contribution is -0.138. The largest absolute Gasteiger partial charge is 0.325 e. The van der Waals surface area contributed by atoms with Crippen molar-refractivity contribution in [2.45, 2.75) is 62.9 Å². The van der Waals surface area contributed by atoms with Crippen LogP contribution in [0.4, 0.5) is 4.79 Å². The van der Waals surface area contributed by atoms with E-state index in [0.29, 0.717) is 6.42 Å². The molecule has 1 aromatic rings. The van der Waals surface area contributed by atoms with Crippen LogP contribution in [0.25, 0.3) is 0 Å². The molecule has 1 aromatic carbocycles. The SMILES string of the molecule is O=C1N[C@@]2(CCc3ccccc32)C(=O)N1CC(=O)N(C1=CCCCC1)C1CC1. The van der Waals surface area contributed by atoms with E-state index < -0.39 is 11.6 Å². The average Bonchev–Trinajstić information content (AvgIpc) is 3.43. The van der Waals surface area contributed by atoms with Crippen molar-refractivity contribution in [3.05, 3.63) is 47.2 Å². The van der Waals surface area contributed by atoms with Crippen molar-refractivity contribution < 1.29 is 14.4 Å². The van der Waals surface area contributed by atoms with E-state index >= 15 is 0 Å². The number of hydrogen-bond acceptors (Lipinski definition) is 3. The molecule has 0 radical (unpaired) electrons. The summed E-state index contributed by atoms with van der Waals surface area (Å²) in [5.74, 6) is -0.424. The van der Waals surface area contributed by atoms with Gasteiger partial charge in [-0.25, -0.2) is 4.79 Å². The van der Waals surface area contributed by atoms with Crippen molar-refractivity contribution in [1.82, 2.24) is 15.1 Å². The molecule has 4 amide bonds. The number of carbonyl (C=O) groups is 3. The van der Waals surface area contributed by atoms with Crippen molar-refractivity contribution in [3.63, 3.8) is 0 Å². The fourth-order valence-corrected chi connectivity index (χ4v) is 4.92. The highest BCUT2D eigenvalue weighted by molar-refractivity contribution is 6.10. The smallest absolute Gasteiger partial charge is 0.319 e. The maximum Gasteiger partial charge on any atom is 0.325 e. The number of benzene rings is 1. The van der Waals surface area contributed by atoms with Crippen LogP contribution in [0.2, 0.25) is 0 Å². The Kier molecular flexibility index (Phi) is 4.03. The molecular formula is C22H25N3O3. The van der Waals surface area contributed by atoms with Crippen LogP contribution in [0.1, 0.15) is 56.1 Å². The molecule has 1 saturated heterocycles. The van der Waals surface area contributed by atoms with E-state index in [4.69, 9.17) is 0 Å². The molecule has 6 heteroatoms. The van der Waals surface area contributed by atoms with E-state index in [2.05, 4.69) is 11.4 Å². The summed E-state index contributed by atoms with van der Waals surface area (Å²) < 4.78 is 0. The highest BCUT2D eigenvalue weighted by Crippen LogP contribution is 2.41. The van der Waals surface area contributed by atoms with Crippen LogP contribution < -0.4 is 5.32 Å². The number of urea groups is 1. The Morgan fingerprint density at radius 3 is 2.75 bits per heavy atom. The third-order valence-corrected chi connectivity index (χ3v) is 6.47. The summed E-state index contributed by atoms with van der Waals surface area (Å²) >= 11 is 0. The zero-order valence-electron chi connectivity index (χ0n) is 15.9. The molecule has 6 nitrogen and oxygen atoms in total. The number of carbonyl (C=O) groups excluding carboxylic acids is 3. The summed E-state index contributed by atoms with van der Waals surface area (Å²) in [4.78, 5) is 42.1. The van der Waals surface area contributed by atoms with E-state index in [0.717, 1.165) is 66.7 Å². The van der Waals surface area contributed by atoms with Crippen LogP contribution in [0.5, 0.6) is 0 Å². The summed E-state index contributed by atoms with van der Waals surface area (Å²) in [6, 6.07) is 7.54.